The van der Waals surface area contributed by atoms with E-state index in [2.05, 4.69) is 11.9 Å². The zero-order chi connectivity index (χ0) is 13.7. The first-order valence-electron chi connectivity index (χ1n) is 6.27. The normalized spacial score (nSPS) is 12.8. The van der Waals surface area contributed by atoms with Crippen LogP contribution in [0.25, 0.3) is 0 Å². The summed E-state index contributed by atoms with van der Waals surface area (Å²) in [5.41, 5.74) is 0.715. The van der Waals surface area contributed by atoms with Crippen molar-refractivity contribution >= 4 is 17.3 Å². The molecule has 1 heterocycles. The number of hydrogen-bond donors (Lipinski definition) is 1. The molecule has 0 bridgehead atoms. The van der Waals surface area contributed by atoms with Crippen molar-refractivity contribution in [1.29, 1.82) is 0 Å². The second kappa shape index (κ2) is 6.85. The minimum atomic E-state index is -0.614. The van der Waals surface area contributed by atoms with E-state index in [1.165, 1.54) is 11.3 Å². The number of carbonyl (C=O) groups excluding carboxylic acids is 1. The predicted molar refractivity (Wildman–Crippen MR) is 72.0 cm³/mol. The Labute approximate surface area is 112 Å². The lowest BCUT2D eigenvalue weighted by atomic mass is 10.1. The average Bonchev–Trinajstić information content (AvgIpc) is 2.67. The summed E-state index contributed by atoms with van der Waals surface area (Å²) in [5, 5.41) is 10.6. The van der Waals surface area contributed by atoms with Crippen LogP contribution < -0.4 is 0 Å². The van der Waals surface area contributed by atoms with Crippen LogP contribution in [-0.4, -0.2) is 28.8 Å². The zero-order valence-corrected chi connectivity index (χ0v) is 12.2. The molecule has 0 aromatic carbocycles. The first kappa shape index (κ1) is 15.1. The minimum Gasteiger partial charge on any atom is -0.459 e. The summed E-state index contributed by atoms with van der Waals surface area (Å²) in [6.45, 7) is 7.70. The number of esters is 1. The Hall–Kier alpha value is -0.940. The van der Waals surface area contributed by atoms with Gasteiger partial charge in [0.2, 0.25) is 0 Å². The Kier molecular flexibility index (Phi) is 5.75. The van der Waals surface area contributed by atoms with Gasteiger partial charge in [-0.25, -0.2) is 9.78 Å². The number of carbonyl (C=O) groups is 1. The van der Waals surface area contributed by atoms with E-state index in [1.54, 1.807) is 0 Å². The molecule has 0 saturated heterocycles. The maximum absolute atomic E-state index is 11.8. The number of aliphatic hydroxyl groups is 1. The molecule has 1 aromatic rings. The molecule has 1 rings (SSSR count). The fourth-order valence-electron chi connectivity index (χ4n) is 1.38. The lowest BCUT2D eigenvalue weighted by Crippen LogP contribution is -2.23. The number of aryl methyl sites for hydroxylation is 2. The number of ether oxygens (including phenoxy) is 1. The SMILES string of the molecule is CCCc1nc(C)c(C(=O)OCC(O)C(C)C)s1. The summed E-state index contributed by atoms with van der Waals surface area (Å²) in [6.07, 6.45) is 1.28. The molecule has 0 spiro atoms. The molecule has 18 heavy (non-hydrogen) atoms. The van der Waals surface area contributed by atoms with E-state index in [0.29, 0.717) is 10.6 Å². The largest absolute Gasteiger partial charge is 0.459 e. The van der Waals surface area contributed by atoms with Crippen LogP contribution in [0.5, 0.6) is 0 Å². The van der Waals surface area contributed by atoms with Crippen molar-refractivity contribution in [3.8, 4) is 0 Å². The molecule has 102 valence electrons. The smallest absolute Gasteiger partial charge is 0.350 e. The molecular weight excluding hydrogens is 250 g/mol. The van der Waals surface area contributed by atoms with Crippen molar-refractivity contribution in [3.05, 3.63) is 15.6 Å². The molecule has 0 aliphatic heterocycles. The van der Waals surface area contributed by atoms with Gasteiger partial charge < -0.3 is 9.84 Å². The predicted octanol–water partition coefficient (Wildman–Crippen LogP) is 2.58. The van der Waals surface area contributed by atoms with Crippen molar-refractivity contribution in [3.63, 3.8) is 0 Å². The number of rotatable bonds is 6. The van der Waals surface area contributed by atoms with Crippen molar-refractivity contribution in [2.24, 2.45) is 5.92 Å². The Morgan fingerprint density at radius 3 is 2.72 bits per heavy atom. The van der Waals surface area contributed by atoms with E-state index in [1.807, 2.05) is 20.8 Å². The fraction of sp³-hybridized carbons (Fsp3) is 0.692. The van der Waals surface area contributed by atoms with Gasteiger partial charge in [0.25, 0.3) is 0 Å². The monoisotopic (exact) mass is 271 g/mol. The highest BCUT2D eigenvalue weighted by atomic mass is 32.1. The topological polar surface area (TPSA) is 59.4 Å². The summed E-state index contributed by atoms with van der Waals surface area (Å²) >= 11 is 1.38. The van der Waals surface area contributed by atoms with Gasteiger partial charge in [0.05, 0.1) is 16.8 Å². The molecule has 1 N–H and O–H groups in total. The molecule has 0 amide bonds. The van der Waals surface area contributed by atoms with Crippen LogP contribution in [0.15, 0.2) is 0 Å². The standard InChI is InChI=1S/C13H21NO3S/c1-5-6-11-14-9(4)12(18-11)13(16)17-7-10(15)8(2)3/h8,10,15H,5-7H2,1-4H3. The molecule has 5 heteroatoms. The Balaban J connectivity index is 2.61. The molecule has 1 unspecified atom stereocenters. The third-order valence-corrected chi connectivity index (χ3v) is 3.84. The summed E-state index contributed by atoms with van der Waals surface area (Å²) in [5.74, 6) is -0.303. The Morgan fingerprint density at radius 2 is 2.17 bits per heavy atom. The van der Waals surface area contributed by atoms with Crippen LogP contribution in [-0.2, 0) is 11.2 Å². The van der Waals surface area contributed by atoms with Gasteiger partial charge in [-0.1, -0.05) is 20.8 Å². The third-order valence-electron chi connectivity index (χ3n) is 2.64. The quantitative estimate of drug-likeness (QED) is 0.808. The van der Waals surface area contributed by atoms with E-state index in [4.69, 9.17) is 4.74 Å². The number of hydrogen-bond acceptors (Lipinski definition) is 5. The molecule has 0 aliphatic rings. The first-order chi connectivity index (χ1) is 8.45. The maximum atomic E-state index is 11.8. The van der Waals surface area contributed by atoms with Gasteiger partial charge >= 0.3 is 5.97 Å². The van der Waals surface area contributed by atoms with E-state index >= 15 is 0 Å². The van der Waals surface area contributed by atoms with E-state index < -0.39 is 6.10 Å². The highest BCUT2D eigenvalue weighted by molar-refractivity contribution is 7.13. The van der Waals surface area contributed by atoms with Crippen molar-refractivity contribution in [2.45, 2.75) is 46.6 Å². The van der Waals surface area contributed by atoms with Crippen molar-refractivity contribution in [2.75, 3.05) is 6.61 Å². The summed E-state index contributed by atoms with van der Waals surface area (Å²) in [4.78, 5) is 16.7. The lowest BCUT2D eigenvalue weighted by Gasteiger charge is -2.13. The molecule has 0 aliphatic carbocycles. The summed E-state index contributed by atoms with van der Waals surface area (Å²) < 4.78 is 5.10. The summed E-state index contributed by atoms with van der Waals surface area (Å²) in [7, 11) is 0. The second-order valence-corrected chi connectivity index (χ2v) is 5.77. The zero-order valence-electron chi connectivity index (χ0n) is 11.4. The summed E-state index contributed by atoms with van der Waals surface area (Å²) in [6, 6.07) is 0. The fourth-order valence-corrected chi connectivity index (χ4v) is 2.44. The maximum Gasteiger partial charge on any atom is 0.350 e. The highest BCUT2D eigenvalue weighted by Gasteiger charge is 2.18. The molecule has 0 saturated carbocycles. The second-order valence-electron chi connectivity index (χ2n) is 4.68. The van der Waals surface area contributed by atoms with Crippen molar-refractivity contribution in [1.82, 2.24) is 4.98 Å². The average molecular weight is 271 g/mol. The van der Waals surface area contributed by atoms with E-state index in [-0.39, 0.29) is 18.5 Å². The number of aromatic nitrogens is 1. The van der Waals surface area contributed by atoms with Gasteiger partial charge in [-0.2, -0.15) is 0 Å². The lowest BCUT2D eigenvalue weighted by molar-refractivity contribution is 0.0140. The van der Waals surface area contributed by atoms with Crippen LogP contribution in [0.1, 0.15) is 47.6 Å². The molecule has 4 nitrogen and oxygen atoms in total. The highest BCUT2D eigenvalue weighted by Crippen LogP contribution is 2.20. The van der Waals surface area contributed by atoms with Gasteiger partial charge in [-0.3, -0.25) is 0 Å². The minimum absolute atomic E-state index is 0.0386. The molecule has 1 aromatic heterocycles. The van der Waals surface area contributed by atoms with Crippen LogP contribution in [0, 0.1) is 12.8 Å². The molecular formula is C13H21NO3S. The van der Waals surface area contributed by atoms with Crippen LogP contribution in [0.3, 0.4) is 0 Å². The Bertz CT molecular complexity index is 401. The number of nitrogens with zero attached hydrogens (tertiary/aromatic N) is 1. The number of thiazole rings is 1. The van der Waals surface area contributed by atoms with E-state index in [0.717, 1.165) is 17.8 Å². The van der Waals surface area contributed by atoms with Crippen LogP contribution in [0.4, 0.5) is 0 Å². The molecule has 1 atom stereocenters. The van der Waals surface area contributed by atoms with Crippen LogP contribution >= 0.6 is 11.3 Å². The Morgan fingerprint density at radius 1 is 1.50 bits per heavy atom. The van der Waals surface area contributed by atoms with Gasteiger partial charge in [0.15, 0.2) is 0 Å². The van der Waals surface area contributed by atoms with E-state index in [9.17, 15) is 9.90 Å². The van der Waals surface area contributed by atoms with Gasteiger partial charge in [0.1, 0.15) is 11.5 Å². The molecule has 0 fully saturated rings. The van der Waals surface area contributed by atoms with Gasteiger partial charge in [0, 0.05) is 0 Å². The third kappa shape index (κ3) is 4.07. The number of aliphatic hydroxyl groups excluding tert-OH is 1. The van der Waals surface area contributed by atoms with Crippen LogP contribution in [0.2, 0.25) is 0 Å². The van der Waals surface area contributed by atoms with Gasteiger partial charge in [-0.05, 0) is 25.7 Å². The van der Waals surface area contributed by atoms with Crippen molar-refractivity contribution < 1.29 is 14.6 Å². The molecule has 0 radical (unpaired) electrons. The van der Waals surface area contributed by atoms with Gasteiger partial charge in [-0.15, -0.1) is 11.3 Å². The first-order valence-corrected chi connectivity index (χ1v) is 7.08.